The molecule has 1 atom stereocenters. The third kappa shape index (κ3) is 4.35. The highest BCUT2D eigenvalue weighted by atomic mass is 16.5. The van der Waals surface area contributed by atoms with Gasteiger partial charge in [0.1, 0.15) is 12.4 Å². The lowest BCUT2D eigenvalue weighted by Crippen LogP contribution is -2.11. The summed E-state index contributed by atoms with van der Waals surface area (Å²) in [5.74, 6) is 0.982. The molecule has 0 radical (unpaired) electrons. The van der Waals surface area contributed by atoms with Crippen molar-refractivity contribution in [3.05, 3.63) is 64.7 Å². The van der Waals surface area contributed by atoms with Crippen molar-refractivity contribution < 1.29 is 4.74 Å². The van der Waals surface area contributed by atoms with Crippen molar-refractivity contribution >= 4 is 0 Å². The molecule has 2 aromatic rings. The standard InChI is InChI=1S/C20H27NO/c1-4-5-11-19(21)18-12-15(2)20(16(3)13-18)22-14-17-9-7-6-8-10-17/h6-10,12-13,19H,4-5,11,14,21H2,1-3H3/t19-/m1/s1. The number of aryl methyl sites for hydroxylation is 2. The first-order valence-electron chi connectivity index (χ1n) is 8.15. The van der Waals surface area contributed by atoms with Crippen molar-refractivity contribution in [3.63, 3.8) is 0 Å². The van der Waals surface area contributed by atoms with Gasteiger partial charge in [-0.05, 0) is 42.5 Å². The lowest BCUT2D eigenvalue weighted by Gasteiger charge is -2.17. The van der Waals surface area contributed by atoms with E-state index in [1.165, 1.54) is 24.0 Å². The average Bonchev–Trinajstić information content (AvgIpc) is 2.52. The highest BCUT2D eigenvalue weighted by Crippen LogP contribution is 2.29. The SMILES string of the molecule is CCCC[C@@H](N)c1cc(C)c(OCc2ccccc2)c(C)c1. The van der Waals surface area contributed by atoms with Gasteiger partial charge in [-0.1, -0.05) is 62.2 Å². The van der Waals surface area contributed by atoms with Crippen molar-refractivity contribution in [2.75, 3.05) is 0 Å². The smallest absolute Gasteiger partial charge is 0.125 e. The van der Waals surface area contributed by atoms with Gasteiger partial charge in [-0.25, -0.2) is 0 Å². The van der Waals surface area contributed by atoms with Crippen LogP contribution < -0.4 is 10.5 Å². The van der Waals surface area contributed by atoms with E-state index >= 15 is 0 Å². The minimum atomic E-state index is 0.125. The van der Waals surface area contributed by atoms with Gasteiger partial charge in [-0.2, -0.15) is 0 Å². The summed E-state index contributed by atoms with van der Waals surface area (Å²) in [4.78, 5) is 0. The fourth-order valence-corrected chi connectivity index (χ4v) is 2.75. The van der Waals surface area contributed by atoms with E-state index in [0.29, 0.717) is 6.61 Å². The summed E-state index contributed by atoms with van der Waals surface area (Å²) in [5, 5.41) is 0. The quantitative estimate of drug-likeness (QED) is 0.774. The topological polar surface area (TPSA) is 35.2 Å². The van der Waals surface area contributed by atoms with Crippen molar-refractivity contribution in [3.8, 4) is 5.75 Å². The Labute approximate surface area is 134 Å². The van der Waals surface area contributed by atoms with Crippen LogP contribution in [0.1, 0.15) is 54.5 Å². The number of hydrogen-bond acceptors (Lipinski definition) is 2. The van der Waals surface area contributed by atoms with E-state index in [4.69, 9.17) is 10.5 Å². The van der Waals surface area contributed by atoms with Gasteiger partial charge in [0.05, 0.1) is 0 Å². The number of rotatable bonds is 7. The second-order valence-corrected chi connectivity index (χ2v) is 6.01. The fraction of sp³-hybridized carbons (Fsp3) is 0.400. The summed E-state index contributed by atoms with van der Waals surface area (Å²) >= 11 is 0. The molecule has 2 aromatic carbocycles. The van der Waals surface area contributed by atoms with Crippen LogP contribution in [0.4, 0.5) is 0 Å². The average molecular weight is 297 g/mol. The predicted octanol–water partition coefficient (Wildman–Crippen LogP) is 5.07. The van der Waals surface area contributed by atoms with E-state index in [0.717, 1.165) is 23.3 Å². The Bertz CT molecular complexity index is 569. The number of benzene rings is 2. The Morgan fingerprint density at radius 3 is 2.27 bits per heavy atom. The molecule has 0 heterocycles. The first-order valence-corrected chi connectivity index (χ1v) is 8.15. The van der Waals surface area contributed by atoms with Gasteiger partial charge in [-0.3, -0.25) is 0 Å². The lowest BCUT2D eigenvalue weighted by molar-refractivity contribution is 0.302. The molecular formula is C20H27NO. The lowest BCUT2D eigenvalue weighted by atomic mass is 9.97. The molecule has 0 saturated heterocycles. The molecule has 0 aliphatic carbocycles. The van der Waals surface area contributed by atoms with Crippen LogP contribution in [0.15, 0.2) is 42.5 Å². The summed E-state index contributed by atoms with van der Waals surface area (Å²) in [6, 6.07) is 14.7. The van der Waals surface area contributed by atoms with Gasteiger partial charge < -0.3 is 10.5 Å². The van der Waals surface area contributed by atoms with Crippen LogP contribution in [0.2, 0.25) is 0 Å². The molecule has 0 aliphatic heterocycles. The van der Waals surface area contributed by atoms with E-state index in [2.05, 4.69) is 45.0 Å². The van der Waals surface area contributed by atoms with E-state index < -0.39 is 0 Å². The molecule has 2 N–H and O–H groups in total. The monoisotopic (exact) mass is 297 g/mol. The van der Waals surface area contributed by atoms with Crippen molar-refractivity contribution in [2.24, 2.45) is 5.73 Å². The number of nitrogens with two attached hydrogens (primary N) is 1. The Morgan fingerprint density at radius 1 is 1.05 bits per heavy atom. The molecule has 0 amide bonds. The normalized spacial score (nSPS) is 12.2. The summed E-state index contributed by atoms with van der Waals surface area (Å²) in [6.07, 6.45) is 3.40. The van der Waals surface area contributed by atoms with Crippen LogP contribution in [0.3, 0.4) is 0 Å². The zero-order chi connectivity index (χ0) is 15.9. The van der Waals surface area contributed by atoms with Gasteiger partial charge >= 0.3 is 0 Å². The summed E-state index contributed by atoms with van der Waals surface area (Å²) in [7, 11) is 0. The Hall–Kier alpha value is -1.80. The zero-order valence-electron chi connectivity index (χ0n) is 13.9. The minimum Gasteiger partial charge on any atom is -0.488 e. The number of unbranched alkanes of at least 4 members (excludes halogenated alkanes) is 1. The first kappa shape index (κ1) is 16.6. The molecule has 0 aromatic heterocycles. The van der Waals surface area contributed by atoms with Gasteiger partial charge in [0.25, 0.3) is 0 Å². The Balaban J connectivity index is 2.09. The van der Waals surface area contributed by atoms with Crippen molar-refractivity contribution in [2.45, 2.75) is 52.7 Å². The van der Waals surface area contributed by atoms with Crippen LogP contribution in [0.5, 0.6) is 5.75 Å². The largest absolute Gasteiger partial charge is 0.488 e. The molecule has 0 saturated carbocycles. The highest BCUT2D eigenvalue weighted by Gasteiger charge is 2.11. The van der Waals surface area contributed by atoms with E-state index in [1.807, 2.05) is 18.2 Å². The molecular weight excluding hydrogens is 270 g/mol. The first-order chi connectivity index (χ1) is 10.6. The van der Waals surface area contributed by atoms with E-state index in [9.17, 15) is 0 Å². The maximum atomic E-state index is 6.29. The molecule has 118 valence electrons. The van der Waals surface area contributed by atoms with Crippen LogP contribution in [0, 0.1) is 13.8 Å². The molecule has 2 heteroatoms. The number of ether oxygens (including phenoxy) is 1. The van der Waals surface area contributed by atoms with E-state index in [-0.39, 0.29) is 6.04 Å². The van der Waals surface area contributed by atoms with Crippen LogP contribution >= 0.6 is 0 Å². The molecule has 0 unspecified atom stereocenters. The van der Waals surface area contributed by atoms with Gasteiger partial charge in [0, 0.05) is 6.04 Å². The minimum absolute atomic E-state index is 0.125. The molecule has 22 heavy (non-hydrogen) atoms. The maximum Gasteiger partial charge on any atom is 0.125 e. The molecule has 2 rings (SSSR count). The van der Waals surface area contributed by atoms with Crippen molar-refractivity contribution in [1.29, 1.82) is 0 Å². The third-order valence-electron chi connectivity index (χ3n) is 4.01. The number of hydrogen-bond donors (Lipinski definition) is 1. The Morgan fingerprint density at radius 2 is 1.68 bits per heavy atom. The van der Waals surface area contributed by atoms with Crippen LogP contribution in [0.25, 0.3) is 0 Å². The maximum absolute atomic E-state index is 6.29. The molecule has 0 aliphatic rings. The molecule has 0 spiro atoms. The predicted molar refractivity (Wildman–Crippen MR) is 93.1 cm³/mol. The van der Waals surface area contributed by atoms with Gasteiger partial charge in [-0.15, -0.1) is 0 Å². The van der Waals surface area contributed by atoms with Crippen LogP contribution in [-0.2, 0) is 6.61 Å². The second-order valence-electron chi connectivity index (χ2n) is 6.01. The molecule has 2 nitrogen and oxygen atoms in total. The summed E-state index contributed by atoms with van der Waals surface area (Å²) < 4.78 is 6.03. The zero-order valence-corrected chi connectivity index (χ0v) is 13.9. The van der Waals surface area contributed by atoms with E-state index in [1.54, 1.807) is 0 Å². The fourth-order valence-electron chi connectivity index (χ4n) is 2.75. The summed E-state index contributed by atoms with van der Waals surface area (Å²) in [6.45, 7) is 7.00. The summed E-state index contributed by atoms with van der Waals surface area (Å²) in [5.41, 5.74) is 11.0. The van der Waals surface area contributed by atoms with Crippen molar-refractivity contribution in [1.82, 2.24) is 0 Å². The molecule has 0 fully saturated rings. The van der Waals surface area contributed by atoms with Gasteiger partial charge in [0.2, 0.25) is 0 Å². The highest BCUT2D eigenvalue weighted by molar-refractivity contribution is 5.44. The third-order valence-corrected chi connectivity index (χ3v) is 4.01. The van der Waals surface area contributed by atoms with Crippen LogP contribution in [-0.4, -0.2) is 0 Å². The second kappa shape index (κ2) is 8.00. The Kier molecular flexibility index (Phi) is 6.02. The molecule has 0 bridgehead atoms. The van der Waals surface area contributed by atoms with Gasteiger partial charge in [0.15, 0.2) is 0 Å².